The van der Waals surface area contributed by atoms with Gasteiger partial charge in [-0.1, -0.05) is 17.7 Å². The smallest absolute Gasteiger partial charge is 0.119 e. The van der Waals surface area contributed by atoms with Gasteiger partial charge in [-0.3, -0.25) is 0 Å². The molecule has 0 heterocycles. The molecule has 0 aromatic heterocycles. The van der Waals surface area contributed by atoms with E-state index in [-0.39, 0.29) is 0 Å². The van der Waals surface area contributed by atoms with Crippen LogP contribution in [0.3, 0.4) is 0 Å². The Morgan fingerprint density at radius 2 is 1.71 bits per heavy atom. The summed E-state index contributed by atoms with van der Waals surface area (Å²) < 4.78 is 5.67. The van der Waals surface area contributed by atoms with Crippen LogP contribution in [-0.2, 0) is 0 Å². The third-order valence-corrected chi connectivity index (χ3v) is 3.53. The first-order valence-corrected chi connectivity index (χ1v) is 7.33. The second kappa shape index (κ2) is 7.34. The van der Waals surface area contributed by atoms with Gasteiger partial charge in [-0.15, -0.1) is 0 Å². The fourth-order valence-electron chi connectivity index (χ4n) is 1.82. The van der Waals surface area contributed by atoms with Crippen LogP contribution in [-0.4, -0.2) is 32.1 Å². The summed E-state index contributed by atoms with van der Waals surface area (Å²) in [6.07, 6.45) is 0. The molecule has 0 saturated carbocycles. The van der Waals surface area contributed by atoms with Crippen LogP contribution in [0, 0.1) is 6.92 Å². The first-order chi connectivity index (χ1) is 10.0. The van der Waals surface area contributed by atoms with E-state index in [1.54, 1.807) is 0 Å². The number of nitrogens with zero attached hydrogens (tertiary/aromatic N) is 1. The summed E-state index contributed by atoms with van der Waals surface area (Å²) in [5.41, 5.74) is 3.06. The Hall–Kier alpha value is -1.71. The monoisotopic (exact) mass is 304 g/mol. The van der Waals surface area contributed by atoms with E-state index in [0.29, 0.717) is 6.61 Å². The van der Waals surface area contributed by atoms with Gasteiger partial charge in [0.1, 0.15) is 12.4 Å². The Morgan fingerprint density at radius 1 is 1.05 bits per heavy atom. The molecule has 0 spiro atoms. The number of hydrogen-bond donors (Lipinski definition) is 1. The van der Waals surface area contributed by atoms with Gasteiger partial charge >= 0.3 is 0 Å². The molecule has 0 aliphatic rings. The largest absolute Gasteiger partial charge is 0.492 e. The van der Waals surface area contributed by atoms with Crippen LogP contribution in [0.4, 0.5) is 11.4 Å². The van der Waals surface area contributed by atoms with Gasteiger partial charge in [-0.05, 0) is 63.0 Å². The van der Waals surface area contributed by atoms with Crippen LogP contribution >= 0.6 is 11.6 Å². The van der Waals surface area contributed by atoms with Gasteiger partial charge in [-0.25, -0.2) is 0 Å². The van der Waals surface area contributed by atoms with Crippen molar-refractivity contribution in [3.8, 4) is 5.75 Å². The zero-order valence-corrected chi connectivity index (χ0v) is 13.4. The van der Waals surface area contributed by atoms with Crippen LogP contribution in [0.5, 0.6) is 5.75 Å². The molecule has 2 aromatic rings. The minimum absolute atomic E-state index is 0.688. The summed E-state index contributed by atoms with van der Waals surface area (Å²) in [6.45, 7) is 3.58. The maximum atomic E-state index is 6.12. The van der Waals surface area contributed by atoms with Crippen LogP contribution in [0.2, 0.25) is 5.02 Å². The Kier molecular flexibility index (Phi) is 5.48. The Bertz CT molecular complexity index is 582. The molecule has 0 atom stereocenters. The lowest BCUT2D eigenvalue weighted by Crippen LogP contribution is -2.19. The Balaban J connectivity index is 1.94. The fourth-order valence-corrected chi connectivity index (χ4v) is 2.00. The molecule has 1 N–H and O–H groups in total. The molecular weight excluding hydrogens is 284 g/mol. The highest BCUT2D eigenvalue weighted by atomic mass is 35.5. The maximum absolute atomic E-state index is 6.12. The van der Waals surface area contributed by atoms with Crippen LogP contribution in [0.25, 0.3) is 0 Å². The molecule has 0 bridgehead atoms. The highest BCUT2D eigenvalue weighted by Gasteiger charge is 2.00. The van der Waals surface area contributed by atoms with E-state index in [0.717, 1.165) is 34.3 Å². The van der Waals surface area contributed by atoms with Crippen molar-refractivity contribution < 1.29 is 4.74 Å². The van der Waals surface area contributed by atoms with Gasteiger partial charge < -0.3 is 15.0 Å². The SMILES string of the molecule is Cc1ccc(Nc2ccc(OCCN(C)C)cc2)cc1Cl. The molecular formula is C17H21ClN2O. The van der Waals surface area contributed by atoms with Gasteiger partial charge in [0.05, 0.1) is 0 Å². The van der Waals surface area contributed by atoms with E-state index in [9.17, 15) is 0 Å². The summed E-state index contributed by atoms with van der Waals surface area (Å²) in [6, 6.07) is 13.9. The number of anilines is 2. The summed E-state index contributed by atoms with van der Waals surface area (Å²) in [7, 11) is 4.06. The first-order valence-electron chi connectivity index (χ1n) is 6.95. The van der Waals surface area contributed by atoms with E-state index < -0.39 is 0 Å². The third-order valence-electron chi connectivity index (χ3n) is 3.12. The molecule has 4 heteroatoms. The van der Waals surface area contributed by atoms with Crippen molar-refractivity contribution in [1.82, 2.24) is 4.90 Å². The van der Waals surface area contributed by atoms with E-state index in [4.69, 9.17) is 16.3 Å². The number of benzene rings is 2. The van der Waals surface area contributed by atoms with Gasteiger partial charge in [0, 0.05) is 22.9 Å². The minimum atomic E-state index is 0.688. The quantitative estimate of drug-likeness (QED) is 0.859. The lowest BCUT2D eigenvalue weighted by molar-refractivity contribution is 0.261. The van der Waals surface area contributed by atoms with Crippen molar-refractivity contribution in [2.24, 2.45) is 0 Å². The molecule has 0 amide bonds. The Morgan fingerprint density at radius 3 is 2.33 bits per heavy atom. The standard InChI is InChI=1S/C17H21ClN2O/c1-13-4-5-15(12-17(13)18)19-14-6-8-16(9-7-14)21-11-10-20(2)3/h4-9,12,19H,10-11H2,1-3H3. The molecule has 0 radical (unpaired) electrons. The second-order valence-corrected chi connectivity index (χ2v) is 5.67. The van der Waals surface area contributed by atoms with Crippen molar-refractivity contribution in [3.63, 3.8) is 0 Å². The third kappa shape index (κ3) is 4.96. The number of halogens is 1. The predicted octanol–water partition coefficient (Wildman–Crippen LogP) is 4.33. The average molecular weight is 305 g/mol. The molecule has 21 heavy (non-hydrogen) atoms. The van der Waals surface area contributed by atoms with Crippen LogP contribution < -0.4 is 10.1 Å². The summed E-state index contributed by atoms with van der Waals surface area (Å²) in [5, 5.41) is 4.09. The molecule has 2 rings (SSSR count). The van der Waals surface area contributed by atoms with Crippen LogP contribution in [0.1, 0.15) is 5.56 Å². The molecule has 0 saturated heterocycles. The number of nitrogens with one attached hydrogen (secondary N) is 1. The van der Waals surface area contributed by atoms with Crippen molar-refractivity contribution in [3.05, 3.63) is 53.1 Å². The number of ether oxygens (including phenoxy) is 1. The summed E-state index contributed by atoms with van der Waals surface area (Å²) >= 11 is 6.12. The topological polar surface area (TPSA) is 24.5 Å². The second-order valence-electron chi connectivity index (χ2n) is 5.27. The molecule has 3 nitrogen and oxygen atoms in total. The van der Waals surface area contributed by atoms with E-state index >= 15 is 0 Å². The van der Waals surface area contributed by atoms with E-state index in [1.807, 2.05) is 63.5 Å². The predicted molar refractivity (Wildman–Crippen MR) is 90.0 cm³/mol. The van der Waals surface area contributed by atoms with E-state index in [1.165, 1.54) is 0 Å². The number of hydrogen-bond acceptors (Lipinski definition) is 3. The maximum Gasteiger partial charge on any atom is 0.119 e. The van der Waals surface area contributed by atoms with Crippen molar-refractivity contribution in [2.75, 3.05) is 32.6 Å². The highest BCUT2D eigenvalue weighted by molar-refractivity contribution is 6.31. The van der Waals surface area contributed by atoms with Gasteiger partial charge in [-0.2, -0.15) is 0 Å². The fraction of sp³-hybridized carbons (Fsp3) is 0.294. The molecule has 2 aromatic carbocycles. The lowest BCUT2D eigenvalue weighted by Gasteiger charge is -2.12. The number of rotatable bonds is 6. The average Bonchev–Trinajstić information content (AvgIpc) is 2.44. The Labute approximate surface area is 131 Å². The normalized spacial score (nSPS) is 10.7. The summed E-state index contributed by atoms with van der Waals surface area (Å²) in [4.78, 5) is 2.09. The number of aryl methyl sites for hydroxylation is 1. The van der Waals surface area contributed by atoms with Crippen LogP contribution in [0.15, 0.2) is 42.5 Å². The van der Waals surface area contributed by atoms with Crippen molar-refractivity contribution in [2.45, 2.75) is 6.92 Å². The molecule has 112 valence electrons. The van der Waals surface area contributed by atoms with Crippen molar-refractivity contribution >= 4 is 23.0 Å². The zero-order valence-electron chi connectivity index (χ0n) is 12.7. The highest BCUT2D eigenvalue weighted by Crippen LogP contribution is 2.24. The summed E-state index contributed by atoms with van der Waals surface area (Å²) in [5.74, 6) is 0.879. The van der Waals surface area contributed by atoms with Gasteiger partial charge in [0.2, 0.25) is 0 Å². The zero-order chi connectivity index (χ0) is 15.2. The van der Waals surface area contributed by atoms with Crippen molar-refractivity contribution in [1.29, 1.82) is 0 Å². The van der Waals surface area contributed by atoms with E-state index in [2.05, 4.69) is 10.2 Å². The van der Waals surface area contributed by atoms with Gasteiger partial charge in [0.25, 0.3) is 0 Å². The lowest BCUT2D eigenvalue weighted by atomic mass is 10.2. The molecule has 0 aliphatic carbocycles. The minimum Gasteiger partial charge on any atom is -0.492 e. The molecule has 0 unspecified atom stereocenters. The first kappa shape index (κ1) is 15.7. The number of likely N-dealkylation sites (N-methyl/N-ethyl adjacent to an activating group) is 1. The molecule has 0 aliphatic heterocycles. The molecule has 0 fully saturated rings. The van der Waals surface area contributed by atoms with Gasteiger partial charge in [0.15, 0.2) is 0 Å².